The topological polar surface area (TPSA) is 126 Å². The summed E-state index contributed by atoms with van der Waals surface area (Å²) in [4.78, 5) is 28.2. The third kappa shape index (κ3) is 7.99. The Balaban J connectivity index is 1.73. The molecule has 44 heavy (non-hydrogen) atoms. The van der Waals surface area contributed by atoms with E-state index in [-0.39, 0.29) is 5.91 Å². The normalized spacial score (nSPS) is 12.8. The average molecular weight is 607 g/mol. The van der Waals surface area contributed by atoms with Gasteiger partial charge in [-0.05, 0) is 38.4 Å². The second kappa shape index (κ2) is 15.1. The van der Waals surface area contributed by atoms with Crippen molar-refractivity contribution in [1.82, 2.24) is 14.9 Å². The maximum Gasteiger partial charge on any atom is 0.247 e. The molecule has 2 aromatic carbocycles. The van der Waals surface area contributed by atoms with Gasteiger partial charge in [0.2, 0.25) is 11.9 Å². The minimum atomic E-state index is -0.325. The van der Waals surface area contributed by atoms with Gasteiger partial charge in [-0.15, -0.1) is 0 Å². The Bertz CT molecular complexity index is 1440. The molecule has 4 rings (SSSR count). The van der Waals surface area contributed by atoms with Crippen molar-refractivity contribution in [3.05, 3.63) is 49.2 Å². The van der Waals surface area contributed by atoms with Gasteiger partial charge in [-0.1, -0.05) is 6.58 Å². The number of amides is 1. The van der Waals surface area contributed by atoms with E-state index in [1.165, 1.54) is 6.08 Å². The van der Waals surface area contributed by atoms with Crippen LogP contribution in [0.2, 0.25) is 0 Å². The highest BCUT2D eigenvalue weighted by Gasteiger charge is 2.21. The number of hydrogen-bond acceptors (Lipinski definition) is 12. The molecule has 3 N–H and O–H groups in total. The van der Waals surface area contributed by atoms with Crippen molar-refractivity contribution in [3.63, 3.8) is 0 Å². The first-order valence-electron chi connectivity index (χ1n) is 14.2. The minimum Gasteiger partial charge on any atom is -0.497 e. The monoisotopic (exact) mass is 606 g/mol. The number of benzene rings is 2. The van der Waals surface area contributed by atoms with Gasteiger partial charge in [0.1, 0.15) is 17.2 Å². The van der Waals surface area contributed by atoms with Crippen LogP contribution in [0.1, 0.15) is 0 Å². The van der Waals surface area contributed by atoms with Crippen LogP contribution < -0.4 is 40.0 Å². The average Bonchev–Trinajstić information content (AvgIpc) is 3.04. The molecule has 0 saturated carbocycles. The summed E-state index contributed by atoms with van der Waals surface area (Å²) in [5, 5.41) is 9.63. The largest absolute Gasteiger partial charge is 0.497 e. The molecule has 1 saturated heterocycles. The molecule has 0 atom stereocenters. The number of aromatic nitrogens is 2. The first-order chi connectivity index (χ1) is 21.3. The van der Waals surface area contributed by atoms with Crippen LogP contribution in [0.3, 0.4) is 0 Å². The van der Waals surface area contributed by atoms with Gasteiger partial charge in [-0.2, -0.15) is 4.98 Å². The highest BCUT2D eigenvalue weighted by molar-refractivity contribution is 6.02. The molecule has 0 radical (unpaired) electrons. The molecule has 1 fully saturated rings. The van der Waals surface area contributed by atoms with Crippen LogP contribution in [-0.2, 0) is 9.53 Å². The third-order valence-electron chi connectivity index (χ3n) is 7.08. The van der Waals surface area contributed by atoms with Gasteiger partial charge in [0, 0.05) is 45.4 Å². The van der Waals surface area contributed by atoms with E-state index < -0.39 is 0 Å². The molecule has 0 aliphatic carbocycles. The summed E-state index contributed by atoms with van der Waals surface area (Å²) in [7, 11) is 10.8. The quantitative estimate of drug-likeness (QED) is 0.230. The smallest absolute Gasteiger partial charge is 0.247 e. The summed E-state index contributed by atoms with van der Waals surface area (Å²) in [6.45, 7) is 7.78. The Labute approximate surface area is 258 Å². The Morgan fingerprint density at radius 1 is 0.977 bits per heavy atom. The van der Waals surface area contributed by atoms with E-state index in [9.17, 15) is 4.79 Å². The molecule has 2 heterocycles. The Morgan fingerprint density at radius 2 is 1.70 bits per heavy atom. The molecule has 1 aromatic heterocycles. The zero-order chi connectivity index (χ0) is 31.6. The van der Waals surface area contributed by atoms with Crippen molar-refractivity contribution in [2.45, 2.75) is 0 Å². The molecule has 1 amide bonds. The van der Waals surface area contributed by atoms with Crippen molar-refractivity contribution >= 4 is 46.1 Å². The molecule has 0 unspecified atom stereocenters. The fourth-order valence-electron chi connectivity index (χ4n) is 4.62. The van der Waals surface area contributed by atoms with Crippen molar-refractivity contribution in [2.75, 3.05) is 108 Å². The minimum absolute atomic E-state index is 0.324. The van der Waals surface area contributed by atoms with E-state index in [1.807, 2.05) is 39.3 Å². The number of carbonyl (C=O) groups is 1. The van der Waals surface area contributed by atoms with Gasteiger partial charge < -0.3 is 49.6 Å². The Hall–Kier alpha value is -4.75. The van der Waals surface area contributed by atoms with Crippen LogP contribution >= 0.6 is 0 Å². The fraction of sp³-hybridized carbons (Fsp3) is 0.387. The SMILES string of the molecule is C=CC(=O)Nc1cc(Nc2ncc(N3CCOCC3)c(Nc3ccc(OC)cc3OC)n2)c(OC)cc1N(C)CCN(C)C. The summed E-state index contributed by atoms with van der Waals surface area (Å²) >= 11 is 0. The zero-order valence-electron chi connectivity index (χ0n) is 26.3. The fourth-order valence-corrected chi connectivity index (χ4v) is 4.62. The highest BCUT2D eigenvalue weighted by Crippen LogP contribution is 2.39. The van der Waals surface area contributed by atoms with Crippen LogP contribution in [0.5, 0.6) is 17.2 Å². The second-order valence-corrected chi connectivity index (χ2v) is 10.3. The lowest BCUT2D eigenvalue weighted by Crippen LogP contribution is -2.36. The molecule has 0 bridgehead atoms. The molecule has 1 aliphatic heterocycles. The molecule has 1 aliphatic rings. The number of anilines is 7. The van der Waals surface area contributed by atoms with E-state index in [0.717, 1.165) is 24.5 Å². The predicted octanol–water partition coefficient (Wildman–Crippen LogP) is 3.95. The van der Waals surface area contributed by atoms with E-state index >= 15 is 0 Å². The molecule has 236 valence electrons. The molecular formula is C31H42N8O5. The van der Waals surface area contributed by atoms with Crippen LogP contribution in [0, 0.1) is 0 Å². The molecule has 0 spiro atoms. The third-order valence-corrected chi connectivity index (χ3v) is 7.08. The van der Waals surface area contributed by atoms with Crippen LogP contribution in [-0.4, -0.2) is 103 Å². The molecular weight excluding hydrogens is 564 g/mol. The van der Waals surface area contributed by atoms with E-state index in [2.05, 4.69) is 42.2 Å². The van der Waals surface area contributed by atoms with Crippen molar-refractivity contribution < 1.29 is 23.7 Å². The lowest BCUT2D eigenvalue weighted by molar-refractivity contribution is -0.111. The Kier molecular flexibility index (Phi) is 11.1. The molecule has 13 heteroatoms. The van der Waals surface area contributed by atoms with E-state index in [0.29, 0.717) is 72.4 Å². The summed E-state index contributed by atoms with van der Waals surface area (Å²) in [5.74, 6) is 2.41. The summed E-state index contributed by atoms with van der Waals surface area (Å²) in [6.07, 6.45) is 3.01. The van der Waals surface area contributed by atoms with Crippen LogP contribution in [0.15, 0.2) is 49.2 Å². The maximum atomic E-state index is 12.4. The first kappa shape index (κ1) is 32.2. The van der Waals surface area contributed by atoms with Crippen LogP contribution in [0.4, 0.5) is 40.2 Å². The molecule has 13 nitrogen and oxygen atoms in total. The number of nitrogens with one attached hydrogen (secondary N) is 3. The highest BCUT2D eigenvalue weighted by atomic mass is 16.5. The van der Waals surface area contributed by atoms with Crippen LogP contribution in [0.25, 0.3) is 0 Å². The van der Waals surface area contributed by atoms with Gasteiger partial charge in [0.15, 0.2) is 5.82 Å². The summed E-state index contributed by atoms with van der Waals surface area (Å²) < 4.78 is 22.3. The lowest BCUT2D eigenvalue weighted by atomic mass is 10.2. The number of rotatable bonds is 14. The van der Waals surface area contributed by atoms with E-state index in [1.54, 1.807) is 39.7 Å². The van der Waals surface area contributed by atoms with Crippen molar-refractivity contribution in [1.29, 1.82) is 0 Å². The lowest BCUT2D eigenvalue weighted by Gasteiger charge is -2.30. The van der Waals surface area contributed by atoms with Gasteiger partial charge in [-0.3, -0.25) is 4.79 Å². The number of methoxy groups -OCH3 is 3. The number of ether oxygens (including phenoxy) is 4. The predicted molar refractivity (Wildman–Crippen MR) is 175 cm³/mol. The summed E-state index contributed by atoms with van der Waals surface area (Å²) in [5.41, 5.74) is 3.49. The standard InChI is InChI=1S/C31H42N8O5/c1-8-29(40)33-23-18-24(28(43-7)19-25(23)38(4)12-11-37(2)3)35-31-32-20-26(39-13-15-44-16-14-39)30(36-31)34-22-10-9-21(41-5)17-27(22)42-6/h8-10,17-20H,1,11-16H2,2-7H3,(H,33,40)(H2,32,34,35,36). The first-order valence-corrected chi connectivity index (χ1v) is 14.2. The van der Waals surface area contributed by atoms with Gasteiger partial charge >= 0.3 is 0 Å². The number of nitrogens with zero attached hydrogens (tertiary/aromatic N) is 5. The Morgan fingerprint density at radius 3 is 2.36 bits per heavy atom. The maximum absolute atomic E-state index is 12.4. The van der Waals surface area contributed by atoms with Gasteiger partial charge in [0.25, 0.3) is 0 Å². The van der Waals surface area contributed by atoms with Crippen molar-refractivity contribution in [3.8, 4) is 17.2 Å². The summed E-state index contributed by atoms with van der Waals surface area (Å²) in [6, 6.07) is 9.21. The number of likely N-dealkylation sites (N-methyl/N-ethyl adjacent to an activating group) is 2. The van der Waals surface area contributed by atoms with Gasteiger partial charge in [-0.25, -0.2) is 4.98 Å². The zero-order valence-corrected chi connectivity index (χ0v) is 26.3. The number of morpholine rings is 1. The number of hydrogen-bond donors (Lipinski definition) is 3. The second-order valence-electron chi connectivity index (χ2n) is 10.3. The van der Waals surface area contributed by atoms with Crippen molar-refractivity contribution in [2.24, 2.45) is 0 Å². The van der Waals surface area contributed by atoms with E-state index in [4.69, 9.17) is 23.9 Å². The van der Waals surface area contributed by atoms with Gasteiger partial charge in [0.05, 0.1) is 69.2 Å². The molecule has 3 aromatic rings. The number of carbonyl (C=O) groups excluding carboxylic acids is 1.